The number of rotatable bonds is 4. The van der Waals surface area contributed by atoms with Crippen LogP contribution in [0.1, 0.15) is 23.7 Å². The minimum Gasteiger partial charge on any atom is -0.508 e. The summed E-state index contributed by atoms with van der Waals surface area (Å²) in [4.78, 5) is 15.7. The van der Waals surface area contributed by atoms with E-state index in [-0.39, 0.29) is 24.1 Å². The fourth-order valence-electron chi connectivity index (χ4n) is 1.94. The Morgan fingerprint density at radius 2 is 2.11 bits per heavy atom. The number of ether oxygens (including phenoxy) is 1. The third-order valence-corrected chi connectivity index (χ3v) is 2.95. The molecule has 1 aromatic carbocycles. The third-order valence-electron chi connectivity index (χ3n) is 2.95. The Labute approximate surface area is 110 Å². The van der Waals surface area contributed by atoms with Gasteiger partial charge in [-0.3, -0.25) is 9.48 Å². The van der Waals surface area contributed by atoms with Gasteiger partial charge < -0.3 is 9.84 Å². The van der Waals surface area contributed by atoms with Crippen LogP contribution in [0.5, 0.6) is 5.75 Å². The van der Waals surface area contributed by atoms with Crippen LogP contribution in [0, 0.1) is 0 Å². The molecule has 0 spiro atoms. The van der Waals surface area contributed by atoms with E-state index < -0.39 is 0 Å². The van der Waals surface area contributed by atoms with Gasteiger partial charge in [0.2, 0.25) is 0 Å². The van der Waals surface area contributed by atoms with Crippen molar-refractivity contribution in [3.8, 4) is 5.75 Å². The van der Waals surface area contributed by atoms with Gasteiger partial charge in [-0.15, -0.1) is 0 Å². The second kappa shape index (κ2) is 5.51. The molecule has 2 aromatic rings. The zero-order valence-electron chi connectivity index (χ0n) is 10.8. The minimum atomic E-state index is -0.318. The maximum atomic E-state index is 11.5. The van der Waals surface area contributed by atoms with E-state index in [9.17, 15) is 9.90 Å². The molecule has 0 bridgehead atoms. The Hall–Kier alpha value is -2.37. The number of aromatic hydroxyl groups is 1. The average Bonchev–Trinajstić information content (AvgIpc) is 2.83. The van der Waals surface area contributed by atoms with Crippen LogP contribution in [0.3, 0.4) is 0 Å². The van der Waals surface area contributed by atoms with Gasteiger partial charge in [0.25, 0.3) is 0 Å². The molecule has 2 rings (SSSR count). The highest BCUT2D eigenvalue weighted by molar-refractivity contribution is 5.71. The van der Waals surface area contributed by atoms with E-state index in [1.807, 2.05) is 0 Å². The van der Waals surface area contributed by atoms with Crippen molar-refractivity contribution >= 4 is 5.97 Å². The molecule has 0 aliphatic carbocycles. The van der Waals surface area contributed by atoms with E-state index in [1.54, 1.807) is 36.0 Å². The first kappa shape index (κ1) is 13.1. The van der Waals surface area contributed by atoms with E-state index in [2.05, 4.69) is 10.1 Å². The van der Waals surface area contributed by atoms with E-state index in [1.165, 1.54) is 13.4 Å². The number of carbonyl (C=O) groups excluding carboxylic acids is 1. The van der Waals surface area contributed by atoms with Gasteiger partial charge in [0.05, 0.1) is 19.4 Å². The smallest absolute Gasteiger partial charge is 0.306 e. The molecule has 1 atom stereocenters. The molecule has 0 amide bonds. The number of benzene rings is 1. The van der Waals surface area contributed by atoms with Gasteiger partial charge in [0.1, 0.15) is 17.9 Å². The number of hydrogen-bond acceptors (Lipinski definition) is 5. The van der Waals surface area contributed by atoms with Gasteiger partial charge in [0.15, 0.2) is 0 Å². The summed E-state index contributed by atoms with van der Waals surface area (Å²) in [7, 11) is 3.12. The van der Waals surface area contributed by atoms with Crippen LogP contribution in [-0.4, -0.2) is 33.0 Å². The molecular formula is C13H15N3O3. The molecule has 6 nitrogen and oxygen atoms in total. The van der Waals surface area contributed by atoms with Gasteiger partial charge in [-0.25, -0.2) is 4.98 Å². The molecule has 19 heavy (non-hydrogen) atoms. The number of aryl methyl sites for hydroxylation is 1. The summed E-state index contributed by atoms with van der Waals surface area (Å²) in [6.45, 7) is 0. The van der Waals surface area contributed by atoms with Gasteiger partial charge in [-0.05, 0) is 17.7 Å². The second-order valence-corrected chi connectivity index (χ2v) is 4.17. The maximum absolute atomic E-state index is 11.5. The monoisotopic (exact) mass is 261 g/mol. The number of methoxy groups -OCH3 is 1. The summed E-state index contributed by atoms with van der Waals surface area (Å²) in [6, 6.07) is 6.68. The van der Waals surface area contributed by atoms with Crippen molar-refractivity contribution in [2.75, 3.05) is 7.11 Å². The number of hydrogen-bond donors (Lipinski definition) is 1. The van der Waals surface area contributed by atoms with E-state index in [4.69, 9.17) is 4.74 Å². The quantitative estimate of drug-likeness (QED) is 0.837. The zero-order valence-corrected chi connectivity index (χ0v) is 10.8. The molecule has 0 fully saturated rings. The van der Waals surface area contributed by atoms with Crippen LogP contribution < -0.4 is 0 Å². The van der Waals surface area contributed by atoms with Crippen LogP contribution in [0.4, 0.5) is 0 Å². The summed E-state index contributed by atoms with van der Waals surface area (Å²) in [5.41, 5.74) is 0.874. The summed E-state index contributed by atoms with van der Waals surface area (Å²) < 4.78 is 6.34. The van der Waals surface area contributed by atoms with Crippen molar-refractivity contribution in [3.63, 3.8) is 0 Å². The Kier molecular flexibility index (Phi) is 3.79. The molecular weight excluding hydrogens is 246 g/mol. The molecule has 0 aliphatic heterocycles. The van der Waals surface area contributed by atoms with Crippen molar-refractivity contribution in [1.82, 2.24) is 14.8 Å². The third kappa shape index (κ3) is 2.90. The van der Waals surface area contributed by atoms with Crippen molar-refractivity contribution in [2.45, 2.75) is 12.3 Å². The van der Waals surface area contributed by atoms with Gasteiger partial charge >= 0.3 is 5.97 Å². The van der Waals surface area contributed by atoms with Crippen LogP contribution in [-0.2, 0) is 16.6 Å². The Bertz CT molecular complexity index is 563. The van der Waals surface area contributed by atoms with E-state index >= 15 is 0 Å². The van der Waals surface area contributed by atoms with Crippen LogP contribution >= 0.6 is 0 Å². The first-order valence-corrected chi connectivity index (χ1v) is 5.81. The molecule has 1 heterocycles. The minimum absolute atomic E-state index is 0.174. The summed E-state index contributed by atoms with van der Waals surface area (Å²) >= 11 is 0. The first-order valence-electron chi connectivity index (χ1n) is 5.81. The lowest BCUT2D eigenvalue weighted by atomic mass is 9.95. The number of nitrogens with zero attached hydrogens (tertiary/aromatic N) is 3. The topological polar surface area (TPSA) is 77.2 Å². The number of phenolic OH excluding ortho intramolecular Hbond substituents is 1. The molecule has 0 aliphatic rings. The zero-order chi connectivity index (χ0) is 13.8. The maximum Gasteiger partial charge on any atom is 0.306 e. The lowest BCUT2D eigenvalue weighted by Crippen LogP contribution is -2.14. The lowest BCUT2D eigenvalue weighted by molar-refractivity contribution is -0.140. The normalized spacial score (nSPS) is 12.1. The summed E-state index contributed by atoms with van der Waals surface area (Å²) in [5.74, 6) is 0.288. The van der Waals surface area contributed by atoms with Crippen molar-refractivity contribution in [2.24, 2.45) is 7.05 Å². The largest absolute Gasteiger partial charge is 0.508 e. The van der Waals surface area contributed by atoms with Crippen LogP contribution in [0.15, 0.2) is 30.6 Å². The highest BCUT2D eigenvalue weighted by atomic mass is 16.5. The number of phenols is 1. The predicted molar refractivity (Wildman–Crippen MR) is 67.6 cm³/mol. The van der Waals surface area contributed by atoms with Crippen molar-refractivity contribution in [3.05, 3.63) is 42.0 Å². The fraction of sp³-hybridized carbons (Fsp3) is 0.308. The van der Waals surface area contributed by atoms with Crippen molar-refractivity contribution in [1.29, 1.82) is 0 Å². The van der Waals surface area contributed by atoms with Crippen LogP contribution in [0.25, 0.3) is 0 Å². The predicted octanol–water partition coefficient (Wildman–Crippen LogP) is 1.22. The first-order chi connectivity index (χ1) is 9.11. The highest BCUT2D eigenvalue weighted by Gasteiger charge is 2.22. The highest BCUT2D eigenvalue weighted by Crippen LogP contribution is 2.27. The Morgan fingerprint density at radius 3 is 2.63 bits per heavy atom. The summed E-state index contributed by atoms with van der Waals surface area (Å²) in [5, 5.41) is 13.3. The second-order valence-electron chi connectivity index (χ2n) is 4.17. The summed E-state index contributed by atoms with van der Waals surface area (Å²) in [6.07, 6.45) is 1.62. The standard InChI is InChI=1S/C13H15N3O3/c1-16-13(14-8-15-16)11(7-12(18)19-2)9-3-5-10(17)6-4-9/h3-6,8,11,17H,7H2,1-2H3/t11-/m0/s1. The van der Waals surface area contributed by atoms with E-state index in [0.717, 1.165) is 5.56 Å². The number of carbonyl (C=O) groups is 1. The van der Waals surface area contributed by atoms with Crippen molar-refractivity contribution < 1.29 is 14.6 Å². The van der Waals surface area contributed by atoms with Gasteiger partial charge in [-0.1, -0.05) is 12.1 Å². The van der Waals surface area contributed by atoms with Gasteiger partial charge in [0, 0.05) is 7.05 Å². The molecule has 0 radical (unpaired) electrons. The molecule has 6 heteroatoms. The molecule has 1 aromatic heterocycles. The average molecular weight is 261 g/mol. The molecule has 100 valence electrons. The lowest BCUT2D eigenvalue weighted by Gasteiger charge is -2.15. The molecule has 1 N–H and O–H groups in total. The van der Waals surface area contributed by atoms with Crippen LogP contribution in [0.2, 0.25) is 0 Å². The fourth-order valence-corrected chi connectivity index (χ4v) is 1.94. The SMILES string of the molecule is COC(=O)C[C@@H](c1ccc(O)cc1)c1ncnn1C. The molecule has 0 saturated heterocycles. The number of esters is 1. The Balaban J connectivity index is 2.37. The number of aromatic nitrogens is 3. The molecule has 0 unspecified atom stereocenters. The van der Waals surface area contributed by atoms with E-state index in [0.29, 0.717) is 5.82 Å². The molecule has 0 saturated carbocycles. The van der Waals surface area contributed by atoms with Gasteiger partial charge in [-0.2, -0.15) is 5.10 Å². The Morgan fingerprint density at radius 1 is 1.42 bits per heavy atom.